The summed E-state index contributed by atoms with van der Waals surface area (Å²) in [4.78, 5) is 27.5. The summed E-state index contributed by atoms with van der Waals surface area (Å²) < 4.78 is 2.16. The van der Waals surface area contributed by atoms with E-state index in [1.807, 2.05) is 0 Å². The van der Waals surface area contributed by atoms with Crippen molar-refractivity contribution in [1.29, 1.82) is 0 Å². The van der Waals surface area contributed by atoms with Gasteiger partial charge in [0, 0.05) is 32.6 Å². The third-order valence-corrected chi connectivity index (χ3v) is 4.31. The van der Waals surface area contributed by atoms with Crippen LogP contribution in [0.3, 0.4) is 0 Å². The number of nitrogens with zero attached hydrogens (tertiary/aromatic N) is 5. The van der Waals surface area contributed by atoms with Crippen molar-refractivity contribution in [3.63, 3.8) is 0 Å². The highest BCUT2D eigenvalue weighted by molar-refractivity contribution is 6.06. The normalized spacial score (nSPS) is 21.1. The first kappa shape index (κ1) is 15.0. The van der Waals surface area contributed by atoms with Crippen LogP contribution in [-0.4, -0.2) is 61.7 Å². The van der Waals surface area contributed by atoms with Crippen LogP contribution in [0.5, 0.6) is 0 Å². The van der Waals surface area contributed by atoms with Gasteiger partial charge >= 0.3 is 6.03 Å². The van der Waals surface area contributed by atoms with Gasteiger partial charge in [0.25, 0.3) is 5.91 Å². The zero-order chi connectivity index (χ0) is 15.9. The van der Waals surface area contributed by atoms with Crippen LogP contribution in [0.15, 0.2) is 0 Å². The minimum Gasteiger partial charge on any atom is -0.324 e. The number of hydrogen-bond acceptors (Lipinski definition) is 5. The molecule has 3 amide bonds. The van der Waals surface area contributed by atoms with Crippen LogP contribution in [0.4, 0.5) is 4.79 Å². The van der Waals surface area contributed by atoms with Crippen LogP contribution in [0.2, 0.25) is 0 Å². The van der Waals surface area contributed by atoms with Crippen molar-refractivity contribution in [2.45, 2.75) is 45.8 Å². The molecule has 0 spiro atoms. The number of rotatable bonds is 4. The van der Waals surface area contributed by atoms with E-state index in [1.165, 1.54) is 4.90 Å². The van der Waals surface area contributed by atoms with Crippen LogP contribution in [0.25, 0.3) is 0 Å². The van der Waals surface area contributed by atoms with Crippen LogP contribution < -0.4 is 5.32 Å². The zero-order valence-corrected chi connectivity index (χ0v) is 13.3. The number of imide groups is 1. The molecule has 1 aromatic rings. The molecule has 3 heterocycles. The van der Waals surface area contributed by atoms with E-state index in [0.717, 1.165) is 31.2 Å². The van der Waals surface area contributed by atoms with Gasteiger partial charge in [0.15, 0.2) is 0 Å². The maximum absolute atomic E-state index is 12.1. The van der Waals surface area contributed by atoms with E-state index in [9.17, 15) is 9.59 Å². The number of carbonyl (C=O) groups is 2. The maximum atomic E-state index is 12.1. The molecular formula is C14H22N6O2. The van der Waals surface area contributed by atoms with Gasteiger partial charge in [-0.05, 0) is 13.8 Å². The lowest BCUT2D eigenvalue weighted by atomic mass is 10.1. The molecular weight excluding hydrogens is 284 g/mol. The molecule has 2 aliphatic rings. The molecule has 1 aromatic heterocycles. The van der Waals surface area contributed by atoms with Gasteiger partial charge < -0.3 is 9.88 Å². The lowest BCUT2D eigenvalue weighted by molar-refractivity contribution is -0.130. The standard InChI is InChI=1S/C14H22N6O2/c1-4-10-16-17-11-9-18(5-7-19(10)11)6-8-20-12(21)14(2,3)15-13(20)22/h4-9H2,1-3H3,(H,15,22). The molecule has 120 valence electrons. The summed E-state index contributed by atoms with van der Waals surface area (Å²) in [5, 5.41) is 11.1. The Bertz CT molecular complexity index is 608. The molecule has 1 N–H and O–H groups in total. The number of fused-ring (bicyclic) bond motifs is 1. The third kappa shape index (κ3) is 2.47. The van der Waals surface area contributed by atoms with Gasteiger partial charge in [-0.2, -0.15) is 0 Å². The minimum absolute atomic E-state index is 0.161. The summed E-state index contributed by atoms with van der Waals surface area (Å²) in [6.07, 6.45) is 0.879. The molecule has 0 saturated carbocycles. The number of hydrogen-bond donors (Lipinski definition) is 1. The molecule has 0 radical (unpaired) electrons. The lowest BCUT2D eigenvalue weighted by Crippen LogP contribution is -2.43. The Balaban J connectivity index is 1.59. The van der Waals surface area contributed by atoms with Crippen LogP contribution in [0.1, 0.15) is 32.4 Å². The average Bonchev–Trinajstić information content (AvgIpc) is 2.96. The predicted molar refractivity (Wildman–Crippen MR) is 79.0 cm³/mol. The Labute approximate surface area is 129 Å². The lowest BCUT2D eigenvalue weighted by Gasteiger charge is -2.28. The second-order valence-corrected chi connectivity index (χ2v) is 6.33. The van der Waals surface area contributed by atoms with Gasteiger partial charge in [-0.3, -0.25) is 14.6 Å². The number of aromatic nitrogens is 3. The number of urea groups is 1. The highest BCUT2D eigenvalue weighted by Gasteiger charge is 2.44. The van der Waals surface area contributed by atoms with Crippen molar-refractivity contribution in [2.24, 2.45) is 0 Å². The molecule has 8 nitrogen and oxygen atoms in total. The van der Waals surface area contributed by atoms with Crippen molar-refractivity contribution < 1.29 is 9.59 Å². The monoisotopic (exact) mass is 306 g/mol. The average molecular weight is 306 g/mol. The molecule has 0 unspecified atom stereocenters. The first-order valence-corrected chi connectivity index (χ1v) is 7.70. The smallest absolute Gasteiger partial charge is 0.324 e. The van der Waals surface area contributed by atoms with E-state index in [-0.39, 0.29) is 11.9 Å². The Morgan fingerprint density at radius 1 is 1.18 bits per heavy atom. The van der Waals surface area contributed by atoms with Gasteiger partial charge in [0.05, 0.1) is 6.54 Å². The molecule has 3 rings (SSSR count). The second kappa shape index (κ2) is 5.35. The largest absolute Gasteiger partial charge is 0.325 e. The Morgan fingerprint density at radius 2 is 1.95 bits per heavy atom. The Morgan fingerprint density at radius 3 is 2.59 bits per heavy atom. The number of amides is 3. The summed E-state index contributed by atoms with van der Waals surface area (Å²) in [6.45, 7) is 9.03. The first-order chi connectivity index (χ1) is 10.4. The van der Waals surface area contributed by atoms with Crippen LogP contribution in [0, 0.1) is 0 Å². The Hall–Kier alpha value is -1.96. The summed E-state index contributed by atoms with van der Waals surface area (Å²) in [6, 6.07) is -0.302. The van der Waals surface area contributed by atoms with Gasteiger partial charge in [-0.25, -0.2) is 4.79 Å². The molecule has 0 aromatic carbocycles. The SMILES string of the molecule is CCc1nnc2n1CCN(CCN1C(=O)NC(C)(C)C1=O)C2. The molecule has 2 aliphatic heterocycles. The molecule has 1 fully saturated rings. The van der Waals surface area contributed by atoms with Crippen molar-refractivity contribution in [3.05, 3.63) is 11.6 Å². The molecule has 0 aliphatic carbocycles. The van der Waals surface area contributed by atoms with E-state index in [0.29, 0.717) is 19.6 Å². The molecule has 22 heavy (non-hydrogen) atoms. The Kier molecular flexibility index (Phi) is 3.64. The second-order valence-electron chi connectivity index (χ2n) is 6.33. The fraction of sp³-hybridized carbons (Fsp3) is 0.714. The topological polar surface area (TPSA) is 83.4 Å². The van der Waals surface area contributed by atoms with Gasteiger partial charge in [0.2, 0.25) is 0 Å². The van der Waals surface area contributed by atoms with E-state index < -0.39 is 5.54 Å². The van der Waals surface area contributed by atoms with Crippen molar-refractivity contribution in [2.75, 3.05) is 19.6 Å². The van der Waals surface area contributed by atoms with E-state index in [2.05, 4.69) is 31.9 Å². The summed E-state index contributed by atoms with van der Waals surface area (Å²) >= 11 is 0. The zero-order valence-electron chi connectivity index (χ0n) is 13.3. The minimum atomic E-state index is -0.796. The number of aryl methyl sites for hydroxylation is 1. The van der Waals surface area contributed by atoms with Crippen LogP contribution in [-0.2, 0) is 24.3 Å². The fourth-order valence-electron chi connectivity index (χ4n) is 2.98. The summed E-state index contributed by atoms with van der Waals surface area (Å²) in [5.74, 6) is 1.82. The summed E-state index contributed by atoms with van der Waals surface area (Å²) in [5.41, 5.74) is -0.796. The van der Waals surface area contributed by atoms with Crippen LogP contribution >= 0.6 is 0 Å². The van der Waals surface area contributed by atoms with Crippen molar-refractivity contribution in [3.8, 4) is 0 Å². The summed E-state index contributed by atoms with van der Waals surface area (Å²) in [7, 11) is 0. The van der Waals surface area contributed by atoms with Gasteiger partial charge in [-0.1, -0.05) is 6.92 Å². The van der Waals surface area contributed by atoms with Crippen molar-refractivity contribution >= 4 is 11.9 Å². The van der Waals surface area contributed by atoms with Crippen molar-refractivity contribution in [1.82, 2.24) is 29.9 Å². The predicted octanol–water partition coefficient (Wildman–Crippen LogP) is -0.0135. The van der Waals surface area contributed by atoms with E-state index >= 15 is 0 Å². The molecule has 1 saturated heterocycles. The molecule has 0 atom stereocenters. The van der Waals surface area contributed by atoms with Gasteiger partial charge in [0.1, 0.15) is 17.2 Å². The maximum Gasteiger partial charge on any atom is 0.325 e. The van der Waals surface area contributed by atoms with E-state index in [4.69, 9.17) is 0 Å². The quantitative estimate of drug-likeness (QED) is 0.791. The molecule has 0 bridgehead atoms. The first-order valence-electron chi connectivity index (χ1n) is 7.70. The highest BCUT2D eigenvalue weighted by atomic mass is 16.2. The van der Waals surface area contributed by atoms with Gasteiger partial charge in [-0.15, -0.1) is 10.2 Å². The number of nitrogens with one attached hydrogen (secondary N) is 1. The van der Waals surface area contributed by atoms with E-state index in [1.54, 1.807) is 13.8 Å². The molecule has 8 heteroatoms. The highest BCUT2D eigenvalue weighted by Crippen LogP contribution is 2.17. The third-order valence-electron chi connectivity index (χ3n) is 4.31. The number of carbonyl (C=O) groups excluding carboxylic acids is 2. The fourth-order valence-corrected chi connectivity index (χ4v) is 2.98.